The van der Waals surface area contributed by atoms with Crippen LogP contribution in [0.4, 0.5) is 0 Å². The summed E-state index contributed by atoms with van der Waals surface area (Å²) in [6.45, 7) is 1.76. The molecule has 1 fully saturated rings. The Kier molecular flexibility index (Phi) is 11.2. The van der Waals surface area contributed by atoms with Crippen molar-refractivity contribution in [3.63, 3.8) is 0 Å². The molecule has 0 radical (unpaired) electrons. The largest absolute Gasteiger partial charge is 0.457 e. The van der Waals surface area contributed by atoms with Crippen LogP contribution in [0.15, 0.2) is 0 Å². The highest BCUT2D eigenvalue weighted by molar-refractivity contribution is 5.69. The maximum atomic E-state index is 11.8. The molecule has 0 aromatic heterocycles. The van der Waals surface area contributed by atoms with Crippen LogP contribution < -0.4 is 0 Å². The standard InChI is InChI=1S/C18H34O6/c1-2-3-4-5-6-7-8-9-10-11-16(21)24-15(12-19)18-17(22)14(20)13-23-18/h14-15,17-20,22H,2-13H2,1H3/t14-,15?,17-,18?/m1/s1. The first kappa shape index (κ1) is 21.4. The molecule has 4 atom stereocenters. The van der Waals surface area contributed by atoms with Crippen molar-refractivity contribution in [1.82, 2.24) is 0 Å². The van der Waals surface area contributed by atoms with E-state index in [1.807, 2.05) is 0 Å². The Hall–Kier alpha value is -0.690. The van der Waals surface area contributed by atoms with E-state index in [0.29, 0.717) is 6.42 Å². The number of carbonyl (C=O) groups excluding carboxylic acids is 1. The average molecular weight is 346 g/mol. The van der Waals surface area contributed by atoms with E-state index in [1.165, 1.54) is 38.5 Å². The summed E-state index contributed by atoms with van der Waals surface area (Å²) in [6.07, 6.45) is 6.91. The van der Waals surface area contributed by atoms with Crippen LogP contribution in [-0.2, 0) is 14.3 Å². The highest BCUT2D eigenvalue weighted by Crippen LogP contribution is 2.20. The number of unbranched alkanes of at least 4 members (excludes halogenated alkanes) is 8. The quantitative estimate of drug-likeness (QED) is 0.348. The fourth-order valence-corrected chi connectivity index (χ4v) is 2.97. The third-order valence-electron chi connectivity index (χ3n) is 4.50. The molecule has 1 aliphatic rings. The smallest absolute Gasteiger partial charge is 0.306 e. The van der Waals surface area contributed by atoms with Gasteiger partial charge in [0.1, 0.15) is 18.3 Å². The van der Waals surface area contributed by atoms with Gasteiger partial charge in [-0.15, -0.1) is 0 Å². The Morgan fingerprint density at radius 2 is 1.67 bits per heavy atom. The zero-order valence-corrected chi connectivity index (χ0v) is 14.9. The molecule has 6 heteroatoms. The van der Waals surface area contributed by atoms with Crippen molar-refractivity contribution < 1.29 is 29.6 Å². The molecule has 2 unspecified atom stereocenters. The Balaban J connectivity index is 2.08. The fourth-order valence-electron chi connectivity index (χ4n) is 2.97. The third-order valence-corrected chi connectivity index (χ3v) is 4.50. The fraction of sp³-hybridized carbons (Fsp3) is 0.944. The molecule has 3 N–H and O–H groups in total. The summed E-state index contributed by atoms with van der Waals surface area (Å²) in [6, 6.07) is 0. The predicted molar refractivity (Wildman–Crippen MR) is 90.6 cm³/mol. The summed E-state index contributed by atoms with van der Waals surface area (Å²) in [7, 11) is 0. The molecule has 0 aliphatic carbocycles. The monoisotopic (exact) mass is 346 g/mol. The van der Waals surface area contributed by atoms with Gasteiger partial charge in [0, 0.05) is 6.42 Å². The molecule has 0 aromatic carbocycles. The van der Waals surface area contributed by atoms with Crippen LogP contribution in [0, 0.1) is 0 Å². The molecule has 0 saturated carbocycles. The van der Waals surface area contributed by atoms with Gasteiger partial charge >= 0.3 is 5.97 Å². The molecular weight excluding hydrogens is 312 g/mol. The number of hydrogen-bond acceptors (Lipinski definition) is 6. The summed E-state index contributed by atoms with van der Waals surface area (Å²) >= 11 is 0. The van der Waals surface area contributed by atoms with Crippen molar-refractivity contribution >= 4 is 5.97 Å². The van der Waals surface area contributed by atoms with Crippen molar-refractivity contribution in [2.45, 2.75) is 95.5 Å². The van der Waals surface area contributed by atoms with Gasteiger partial charge in [-0.05, 0) is 6.42 Å². The molecule has 0 amide bonds. The van der Waals surface area contributed by atoms with Gasteiger partial charge in [-0.2, -0.15) is 0 Å². The number of rotatable bonds is 13. The van der Waals surface area contributed by atoms with Crippen LogP contribution in [0.25, 0.3) is 0 Å². The van der Waals surface area contributed by atoms with Crippen molar-refractivity contribution in [1.29, 1.82) is 0 Å². The normalized spacial score (nSPS) is 24.9. The Labute approximate surface area is 145 Å². The second-order valence-electron chi connectivity index (χ2n) is 6.65. The number of hydrogen-bond donors (Lipinski definition) is 3. The Morgan fingerprint density at radius 1 is 1.08 bits per heavy atom. The van der Waals surface area contributed by atoms with E-state index < -0.39 is 37.0 Å². The molecule has 1 saturated heterocycles. The molecule has 24 heavy (non-hydrogen) atoms. The number of aliphatic hydroxyl groups excluding tert-OH is 3. The van der Waals surface area contributed by atoms with E-state index in [1.54, 1.807) is 0 Å². The van der Waals surface area contributed by atoms with Crippen LogP contribution in [0.2, 0.25) is 0 Å². The Bertz CT molecular complexity index is 335. The van der Waals surface area contributed by atoms with Gasteiger partial charge in [0.25, 0.3) is 0 Å². The van der Waals surface area contributed by atoms with Gasteiger partial charge in [0.2, 0.25) is 0 Å². The lowest BCUT2D eigenvalue weighted by molar-refractivity contribution is -0.162. The minimum Gasteiger partial charge on any atom is -0.457 e. The SMILES string of the molecule is CCCCCCCCCCCC(=O)OC(CO)C1OC[C@@H](O)[C@H]1O. The lowest BCUT2D eigenvalue weighted by atomic mass is 10.1. The predicted octanol–water partition coefficient (Wildman–Crippen LogP) is 1.93. The van der Waals surface area contributed by atoms with E-state index in [0.717, 1.165) is 19.3 Å². The lowest BCUT2D eigenvalue weighted by Crippen LogP contribution is -2.43. The van der Waals surface area contributed by atoms with Gasteiger partial charge in [-0.1, -0.05) is 58.3 Å². The van der Waals surface area contributed by atoms with Gasteiger partial charge in [0.15, 0.2) is 6.10 Å². The van der Waals surface area contributed by atoms with E-state index in [2.05, 4.69) is 6.92 Å². The number of esters is 1. The Morgan fingerprint density at radius 3 is 2.17 bits per heavy atom. The van der Waals surface area contributed by atoms with Crippen molar-refractivity contribution in [3.8, 4) is 0 Å². The van der Waals surface area contributed by atoms with Gasteiger partial charge in [-0.3, -0.25) is 4.79 Å². The number of ether oxygens (including phenoxy) is 2. The summed E-state index contributed by atoms with van der Waals surface area (Å²) in [4.78, 5) is 11.8. The van der Waals surface area contributed by atoms with Crippen LogP contribution in [-0.4, -0.2) is 58.9 Å². The molecule has 1 rings (SSSR count). The van der Waals surface area contributed by atoms with E-state index in [-0.39, 0.29) is 6.61 Å². The molecular formula is C18H34O6. The van der Waals surface area contributed by atoms with Gasteiger partial charge < -0.3 is 24.8 Å². The van der Waals surface area contributed by atoms with Crippen LogP contribution in [0.3, 0.4) is 0 Å². The van der Waals surface area contributed by atoms with Crippen molar-refractivity contribution in [2.75, 3.05) is 13.2 Å². The van der Waals surface area contributed by atoms with Crippen molar-refractivity contribution in [2.24, 2.45) is 0 Å². The van der Waals surface area contributed by atoms with Crippen molar-refractivity contribution in [3.05, 3.63) is 0 Å². The van der Waals surface area contributed by atoms with E-state index >= 15 is 0 Å². The second-order valence-corrected chi connectivity index (χ2v) is 6.65. The zero-order valence-electron chi connectivity index (χ0n) is 14.9. The van der Waals surface area contributed by atoms with Crippen LogP contribution >= 0.6 is 0 Å². The molecule has 0 spiro atoms. The first-order chi connectivity index (χ1) is 11.6. The van der Waals surface area contributed by atoms with Crippen LogP contribution in [0.5, 0.6) is 0 Å². The minimum atomic E-state index is -1.14. The first-order valence-corrected chi connectivity index (χ1v) is 9.38. The van der Waals surface area contributed by atoms with E-state index in [9.17, 15) is 20.1 Å². The van der Waals surface area contributed by atoms with E-state index in [4.69, 9.17) is 9.47 Å². The number of carbonyl (C=O) groups is 1. The topological polar surface area (TPSA) is 96.2 Å². The van der Waals surface area contributed by atoms with Crippen LogP contribution in [0.1, 0.15) is 71.1 Å². The maximum Gasteiger partial charge on any atom is 0.306 e. The second kappa shape index (κ2) is 12.6. The first-order valence-electron chi connectivity index (χ1n) is 9.38. The maximum absolute atomic E-state index is 11.8. The summed E-state index contributed by atoms with van der Waals surface area (Å²) < 4.78 is 10.4. The summed E-state index contributed by atoms with van der Waals surface area (Å²) in [5.74, 6) is -0.394. The highest BCUT2D eigenvalue weighted by Gasteiger charge is 2.41. The highest BCUT2D eigenvalue weighted by atomic mass is 16.6. The molecule has 1 aliphatic heterocycles. The lowest BCUT2D eigenvalue weighted by Gasteiger charge is -2.24. The summed E-state index contributed by atoms with van der Waals surface area (Å²) in [5.41, 5.74) is 0. The van der Waals surface area contributed by atoms with Gasteiger partial charge in [-0.25, -0.2) is 0 Å². The molecule has 0 bridgehead atoms. The minimum absolute atomic E-state index is 0.0157. The summed E-state index contributed by atoms with van der Waals surface area (Å²) in [5, 5.41) is 28.5. The molecule has 0 aromatic rings. The molecule has 142 valence electrons. The zero-order chi connectivity index (χ0) is 17.8. The average Bonchev–Trinajstić information content (AvgIpc) is 2.90. The molecule has 6 nitrogen and oxygen atoms in total. The number of aliphatic hydroxyl groups is 3. The van der Waals surface area contributed by atoms with Gasteiger partial charge in [0.05, 0.1) is 13.2 Å². The third kappa shape index (κ3) is 7.92. The molecule has 1 heterocycles.